The van der Waals surface area contributed by atoms with E-state index in [0.29, 0.717) is 0 Å². The van der Waals surface area contributed by atoms with Crippen molar-refractivity contribution in [3.8, 4) is 0 Å². The van der Waals surface area contributed by atoms with Crippen molar-refractivity contribution < 1.29 is 34.4 Å². The number of carbonyl (C=O) groups excluding carboxylic acids is 2. The Balaban J connectivity index is 1.85. The summed E-state index contributed by atoms with van der Waals surface area (Å²) in [6.45, 7) is 1.02. The number of aliphatic hydroxyl groups excluding tert-OH is 3. The van der Waals surface area contributed by atoms with Crippen molar-refractivity contribution in [2.24, 2.45) is 11.5 Å². The molecular weight excluding hydrogens is 390 g/mol. The molecule has 2 aromatic heterocycles. The van der Waals surface area contributed by atoms with E-state index in [4.69, 9.17) is 16.2 Å². The molecule has 0 bridgehead atoms. The largest absolute Gasteiger partial charge is 0.447 e. The number of nitrogens with zero attached hydrogens (tertiary/aromatic N) is 4. The molecule has 3 rings (SSSR count). The number of carbonyl (C=O) groups is 2. The van der Waals surface area contributed by atoms with Gasteiger partial charge >= 0.3 is 6.09 Å². The molecule has 0 unspecified atom stereocenters. The van der Waals surface area contributed by atoms with Crippen molar-refractivity contribution >= 4 is 29.0 Å². The van der Waals surface area contributed by atoms with Crippen LogP contribution < -0.4 is 16.8 Å². The molecule has 29 heavy (non-hydrogen) atoms. The van der Waals surface area contributed by atoms with Crippen molar-refractivity contribution in [1.29, 1.82) is 0 Å². The minimum Gasteiger partial charge on any atom is -0.447 e. The maximum absolute atomic E-state index is 12.1. The summed E-state index contributed by atoms with van der Waals surface area (Å²) in [6.07, 6.45) is -4.56. The highest BCUT2D eigenvalue weighted by Crippen LogP contribution is 2.32. The number of hydrogen-bond donors (Lipinski definition) is 6. The van der Waals surface area contributed by atoms with Crippen LogP contribution in [0, 0.1) is 0 Å². The highest BCUT2D eigenvalue weighted by atomic mass is 16.6. The number of nitrogens with one attached hydrogen (secondary N) is 1. The Hall–Kier alpha value is -2.91. The summed E-state index contributed by atoms with van der Waals surface area (Å²) in [5.74, 6) is -0.637. The maximum atomic E-state index is 12.1. The number of amides is 2. The zero-order chi connectivity index (χ0) is 21.3. The fourth-order valence-electron chi connectivity index (χ4n) is 2.81. The Labute approximate surface area is 163 Å². The minimum absolute atomic E-state index is 0.0384. The Morgan fingerprint density at radius 1 is 1.34 bits per heavy atom. The molecule has 0 spiro atoms. The lowest BCUT2D eigenvalue weighted by Gasteiger charge is -2.17. The van der Waals surface area contributed by atoms with Crippen LogP contribution in [-0.4, -0.2) is 83.9 Å². The van der Waals surface area contributed by atoms with Gasteiger partial charge in [0.1, 0.15) is 37.3 Å². The van der Waals surface area contributed by atoms with Crippen LogP contribution in [0.3, 0.4) is 0 Å². The van der Waals surface area contributed by atoms with E-state index < -0.39 is 48.7 Å². The second kappa shape index (κ2) is 8.22. The minimum atomic E-state index is -1.38. The lowest BCUT2D eigenvalue weighted by atomic mass is 10.1. The van der Waals surface area contributed by atoms with Crippen molar-refractivity contribution in [1.82, 2.24) is 19.5 Å². The quantitative estimate of drug-likeness (QED) is 0.284. The number of anilines is 1. The topological polar surface area (TPSA) is 221 Å². The van der Waals surface area contributed by atoms with E-state index in [-0.39, 0.29) is 23.6 Å². The molecule has 3 heterocycles. The fourth-order valence-corrected chi connectivity index (χ4v) is 2.81. The second-order valence-electron chi connectivity index (χ2n) is 6.48. The van der Waals surface area contributed by atoms with Gasteiger partial charge in [-0.15, -0.1) is 0 Å². The molecule has 0 aromatic carbocycles. The smallest absolute Gasteiger partial charge is 0.404 e. The number of ether oxygens (including phenoxy) is 2. The Kier molecular flexibility index (Phi) is 5.90. The normalized spacial score (nSPS) is 26.2. The third kappa shape index (κ3) is 4.10. The van der Waals surface area contributed by atoms with Gasteiger partial charge in [-0.3, -0.25) is 9.36 Å². The molecular formula is C15H21N7O7. The summed E-state index contributed by atoms with van der Waals surface area (Å²) in [7, 11) is 0. The summed E-state index contributed by atoms with van der Waals surface area (Å²) in [5, 5.41) is 32.3. The van der Waals surface area contributed by atoms with E-state index in [0.717, 1.165) is 6.33 Å². The average Bonchev–Trinajstić information content (AvgIpc) is 3.22. The number of imidazole rings is 1. The number of primary amides is 1. The van der Waals surface area contributed by atoms with Crippen LogP contribution in [-0.2, 0) is 14.3 Å². The van der Waals surface area contributed by atoms with Gasteiger partial charge in [0.2, 0.25) is 5.91 Å². The lowest BCUT2D eigenvalue weighted by molar-refractivity contribution is -0.119. The zero-order valence-corrected chi connectivity index (χ0v) is 15.2. The molecule has 1 fully saturated rings. The van der Waals surface area contributed by atoms with E-state index in [2.05, 4.69) is 25.0 Å². The van der Waals surface area contributed by atoms with Gasteiger partial charge in [-0.2, -0.15) is 0 Å². The second-order valence-corrected chi connectivity index (χ2v) is 6.48. The van der Waals surface area contributed by atoms with Crippen LogP contribution in [0.15, 0.2) is 12.7 Å². The monoisotopic (exact) mass is 411 g/mol. The van der Waals surface area contributed by atoms with Crippen molar-refractivity contribution in [3.63, 3.8) is 0 Å². The molecule has 6 atom stereocenters. The van der Waals surface area contributed by atoms with Crippen LogP contribution in [0.1, 0.15) is 13.2 Å². The van der Waals surface area contributed by atoms with Crippen molar-refractivity contribution in [2.75, 3.05) is 11.9 Å². The third-order valence-corrected chi connectivity index (χ3v) is 4.42. The highest BCUT2D eigenvalue weighted by Gasteiger charge is 2.45. The molecule has 1 saturated heterocycles. The molecule has 158 valence electrons. The molecule has 0 radical (unpaired) electrons. The Morgan fingerprint density at radius 3 is 2.72 bits per heavy atom. The lowest BCUT2D eigenvalue weighted by Crippen LogP contribution is -2.43. The van der Waals surface area contributed by atoms with Crippen LogP contribution >= 0.6 is 0 Å². The number of hydrogen-bond acceptors (Lipinski definition) is 11. The molecule has 14 heteroatoms. The van der Waals surface area contributed by atoms with E-state index >= 15 is 0 Å². The van der Waals surface area contributed by atoms with Gasteiger partial charge in [-0.25, -0.2) is 19.7 Å². The van der Waals surface area contributed by atoms with Gasteiger partial charge in [0.05, 0.1) is 12.4 Å². The number of aliphatic hydroxyl groups is 3. The first kappa shape index (κ1) is 20.8. The first-order valence-corrected chi connectivity index (χ1v) is 8.56. The molecule has 0 aliphatic carbocycles. The van der Waals surface area contributed by atoms with Crippen LogP contribution in [0.25, 0.3) is 11.2 Å². The Bertz CT molecular complexity index is 904. The highest BCUT2D eigenvalue weighted by molar-refractivity contribution is 5.99. The van der Waals surface area contributed by atoms with Gasteiger partial charge in [0.25, 0.3) is 0 Å². The molecule has 14 nitrogen and oxygen atoms in total. The molecule has 8 N–H and O–H groups in total. The zero-order valence-electron chi connectivity index (χ0n) is 15.2. The van der Waals surface area contributed by atoms with E-state index in [9.17, 15) is 24.9 Å². The maximum Gasteiger partial charge on any atom is 0.404 e. The van der Waals surface area contributed by atoms with Gasteiger partial charge < -0.3 is 41.6 Å². The first-order chi connectivity index (χ1) is 13.7. The van der Waals surface area contributed by atoms with E-state index in [1.165, 1.54) is 17.8 Å². The molecule has 2 amide bonds. The summed E-state index contributed by atoms with van der Waals surface area (Å²) in [5.41, 5.74) is 10.9. The van der Waals surface area contributed by atoms with E-state index in [1.807, 2.05) is 0 Å². The number of aromatic nitrogens is 4. The van der Waals surface area contributed by atoms with Gasteiger partial charge in [0.15, 0.2) is 23.2 Å². The molecule has 0 saturated carbocycles. The van der Waals surface area contributed by atoms with Crippen LogP contribution in [0.5, 0.6) is 0 Å². The SMILES string of the molecule is C[C@@H](O)[C@H](N)C(=O)Nc1ncnc2c1ncn2[C@@H]1O[C@H](COC(N)=O)[C@@H](O)[C@H]1O. The molecule has 2 aromatic rings. The summed E-state index contributed by atoms with van der Waals surface area (Å²) in [4.78, 5) is 35.0. The standard InChI is InChI=1S/C15H21N7O7/c1-5(23)7(16)13(26)21-11-8-12(19-3-18-11)22(4-20-8)14-10(25)9(24)6(29-14)2-28-15(17)27/h3-7,9-10,14,23-25H,2,16H2,1H3,(H2,17,27)(H,18,19,21,26)/t5-,6-,7+,9-,10-,14-/m1/s1. The first-order valence-electron chi connectivity index (χ1n) is 8.56. The molecule has 1 aliphatic heterocycles. The number of fused-ring (bicyclic) bond motifs is 1. The third-order valence-electron chi connectivity index (χ3n) is 4.42. The summed E-state index contributed by atoms with van der Waals surface area (Å²) >= 11 is 0. The van der Waals surface area contributed by atoms with Gasteiger partial charge in [-0.1, -0.05) is 0 Å². The summed E-state index contributed by atoms with van der Waals surface area (Å²) in [6, 6.07) is -1.18. The fraction of sp³-hybridized carbons (Fsp3) is 0.533. The van der Waals surface area contributed by atoms with Gasteiger partial charge in [0, 0.05) is 0 Å². The predicted octanol–water partition coefficient (Wildman–Crippen LogP) is -2.81. The van der Waals surface area contributed by atoms with Crippen molar-refractivity contribution in [3.05, 3.63) is 12.7 Å². The predicted molar refractivity (Wildman–Crippen MR) is 95.1 cm³/mol. The Morgan fingerprint density at radius 2 is 2.07 bits per heavy atom. The van der Waals surface area contributed by atoms with Gasteiger partial charge in [-0.05, 0) is 6.92 Å². The number of rotatable bonds is 6. The summed E-state index contributed by atoms with van der Waals surface area (Å²) < 4.78 is 11.5. The van der Waals surface area contributed by atoms with E-state index in [1.54, 1.807) is 0 Å². The number of nitrogens with two attached hydrogens (primary N) is 2. The van der Waals surface area contributed by atoms with Crippen molar-refractivity contribution in [2.45, 2.75) is 43.6 Å². The van der Waals surface area contributed by atoms with Crippen LogP contribution in [0.2, 0.25) is 0 Å². The van der Waals surface area contributed by atoms with Crippen LogP contribution in [0.4, 0.5) is 10.6 Å². The average molecular weight is 411 g/mol. The molecule has 1 aliphatic rings.